The van der Waals surface area contributed by atoms with Gasteiger partial charge in [-0.15, -0.1) is 5.10 Å². The minimum absolute atomic E-state index is 0.725. The number of nitrogens with one attached hydrogen (secondary N) is 2. The molecule has 0 radical (unpaired) electrons. The van der Waals surface area contributed by atoms with Crippen LogP contribution in [0.3, 0.4) is 0 Å². The van der Waals surface area contributed by atoms with Crippen molar-refractivity contribution in [2.24, 2.45) is 0 Å². The maximum atomic E-state index is 5.39. The Morgan fingerprint density at radius 2 is 2.10 bits per heavy atom. The van der Waals surface area contributed by atoms with Gasteiger partial charge in [0, 0.05) is 30.7 Å². The van der Waals surface area contributed by atoms with Crippen LogP contribution in [0.5, 0.6) is 5.75 Å². The molecule has 1 aromatic carbocycles. The Labute approximate surface area is 125 Å². The summed E-state index contributed by atoms with van der Waals surface area (Å²) in [6.45, 7) is 3.78. The minimum atomic E-state index is 0.725. The summed E-state index contributed by atoms with van der Waals surface area (Å²) in [6.07, 6.45) is 0. The van der Waals surface area contributed by atoms with Gasteiger partial charge in [-0.3, -0.25) is 5.10 Å². The lowest BCUT2D eigenvalue weighted by atomic mass is 10.2. The van der Waals surface area contributed by atoms with Gasteiger partial charge in [-0.05, 0) is 18.2 Å². The van der Waals surface area contributed by atoms with Crippen LogP contribution in [0.25, 0.3) is 11.4 Å². The van der Waals surface area contributed by atoms with E-state index in [4.69, 9.17) is 4.74 Å². The van der Waals surface area contributed by atoms with E-state index in [9.17, 15) is 0 Å². The van der Waals surface area contributed by atoms with Crippen LogP contribution in [-0.2, 0) is 0 Å². The molecule has 1 aliphatic rings. The molecule has 1 fully saturated rings. The number of H-pyrrole nitrogens is 1. The van der Waals surface area contributed by atoms with Crippen molar-refractivity contribution in [2.75, 3.05) is 38.2 Å². The highest BCUT2D eigenvalue weighted by Gasteiger charge is 2.17. The van der Waals surface area contributed by atoms with Gasteiger partial charge >= 0.3 is 0 Å². The number of benzene rings is 1. The molecular weight excluding hydrogens is 322 g/mol. The lowest BCUT2D eigenvalue weighted by Gasteiger charge is -2.25. The Kier molecular flexibility index (Phi) is 3.88. The maximum Gasteiger partial charge on any atom is 0.245 e. The van der Waals surface area contributed by atoms with E-state index in [2.05, 4.69) is 41.3 Å². The molecule has 0 spiro atoms. The quantitative estimate of drug-likeness (QED) is 0.891. The van der Waals surface area contributed by atoms with Crippen LogP contribution in [0.1, 0.15) is 0 Å². The van der Waals surface area contributed by atoms with Gasteiger partial charge in [0.2, 0.25) is 5.95 Å². The van der Waals surface area contributed by atoms with Crippen LogP contribution >= 0.6 is 15.9 Å². The zero-order chi connectivity index (χ0) is 13.9. The minimum Gasteiger partial charge on any atom is -0.496 e. The van der Waals surface area contributed by atoms with Crippen molar-refractivity contribution in [3.63, 3.8) is 0 Å². The summed E-state index contributed by atoms with van der Waals surface area (Å²) in [5, 5.41) is 10.6. The first kappa shape index (κ1) is 13.4. The zero-order valence-electron chi connectivity index (χ0n) is 11.2. The molecule has 106 valence electrons. The molecule has 2 N–H and O–H groups in total. The Morgan fingerprint density at radius 1 is 1.30 bits per heavy atom. The maximum absolute atomic E-state index is 5.39. The molecule has 3 rings (SSSR count). The summed E-state index contributed by atoms with van der Waals surface area (Å²) >= 11 is 3.44. The van der Waals surface area contributed by atoms with E-state index in [1.165, 1.54) is 0 Å². The molecule has 7 heteroatoms. The van der Waals surface area contributed by atoms with Gasteiger partial charge in [0.25, 0.3) is 0 Å². The molecule has 1 aromatic heterocycles. The zero-order valence-corrected chi connectivity index (χ0v) is 12.8. The first-order chi connectivity index (χ1) is 9.78. The number of anilines is 1. The smallest absolute Gasteiger partial charge is 0.245 e. The number of aromatic nitrogens is 3. The highest BCUT2D eigenvalue weighted by Crippen LogP contribution is 2.31. The molecule has 1 aliphatic heterocycles. The number of piperazine rings is 1. The van der Waals surface area contributed by atoms with Crippen molar-refractivity contribution in [2.45, 2.75) is 0 Å². The molecule has 1 saturated heterocycles. The van der Waals surface area contributed by atoms with Crippen molar-refractivity contribution >= 4 is 21.9 Å². The van der Waals surface area contributed by atoms with Crippen molar-refractivity contribution in [3.8, 4) is 17.1 Å². The van der Waals surface area contributed by atoms with Crippen LogP contribution < -0.4 is 15.0 Å². The number of nitrogens with zero attached hydrogens (tertiary/aromatic N) is 3. The number of ether oxygens (including phenoxy) is 1. The van der Waals surface area contributed by atoms with E-state index >= 15 is 0 Å². The second kappa shape index (κ2) is 5.80. The van der Waals surface area contributed by atoms with Crippen molar-refractivity contribution in [1.29, 1.82) is 0 Å². The fourth-order valence-corrected chi connectivity index (χ4v) is 2.58. The van der Waals surface area contributed by atoms with Crippen LogP contribution in [0.15, 0.2) is 22.7 Å². The van der Waals surface area contributed by atoms with E-state index < -0.39 is 0 Å². The first-order valence-electron chi connectivity index (χ1n) is 6.50. The second-order valence-corrected chi connectivity index (χ2v) is 5.48. The van der Waals surface area contributed by atoms with Gasteiger partial charge in [-0.25, -0.2) is 0 Å². The number of halogens is 1. The molecule has 0 unspecified atom stereocenters. The Hall–Kier alpha value is -1.60. The monoisotopic (exact) mass is 337 g/mol. The van der Waals surface area contributed by atoms with Crippen molar-refractivity contribution < 1.29 is 4.74 Å². The Balaban J connectivity index is 1.89. The molecule has 0 aliphatic carbocycles. The Morgan fingerprint density at radius 3 is 2.85 bits per heavy atom. The summed E-state index contributed by atoms with van der Waals surface area (Å²) in [5.74, 6) is 2.23. The van der Waals surface area contributed by atoms with E-state index in [0.29, 0.717) is 0 Å². The van der Waals surface area contributed by atoms with Gasteiger partial charge in [-0.2, -0.15) is 4.98 Å². The number of rotatable bonds is 3. The normalized spacial score (nSPS) is 15.4. The number of aromatic amines is 1. The van der Waals surface area contributed by atoms with Gasteiger partial charge in [0.1, 0.15) is 5.75 Å². The predicted octanol–water partition coefficient (Wildman–Crippen LogP) is 1.65. The fraction of sp³-hybridized carbons (Fsp3) is 0.385. The van der Waals surface area contributed by atoms with Crippen molar-refractivity contribution in [1.82, 2.24) is 20.5 Å². The average Bonchev–Trinajstić information content (AvgIpc) is 2.97. The van der Waals surface area contributed by atoms with Gasteiger partial charge in [0.05, 0.1) is 12.7 Å². The van der Waals surface area contributed by atoms with Crippen LogP contribution in [0.4, 0.5) is 5.95 Å². The van der Waals surface area contributed by atoms with Crippen LogP contribution in [0, 0.1) is 0 Å². The summed E-state index contributed by atoms with van der Waals surface area (Å²) in [7, 11) is 1.65. The number of hydrogen-bond acceptors (Lipinski definition) is 5. The predicted molar refractivity (Wildman–Crippen MR) is 81.2 cm³/mol. The number of methoxy groups -OCH3 is 1. The number of hydrogen-bond donors (Lipinski definition) is 2. The van der Waals surface area contributed by atoms with Gasteiger partial charge in [0.15, 0.2) is 5.82 Å². The molecule has 0 atom stereocenters. The third-order valence-electron chi connectivity index (χ3n) is 3.29. The molecule has 6 nitrogen and oxygen atoms in total. The van der Waals surface area contributed by atoms with Crippen LogP contribution in [-0.4, -0.2) is 48.5 Å². The van der Waals surface area contributed by atoms with Crippen molar-refractivity contribution in [3.05, 3.63) is 22.7 Å². The molecule has 0 bridgehead atoms. The Bertz CT molecular complexity index is 594. The highest BCUT2D eigenvalue weighted by atomic mass is 79.9. The third-order valence-corrected chi connectivity index (χ3v) is 3.79. The SMILES string of the molecule is COc1cc(Br)ccc1-c1nc(N2CCNCC2)n[nH]1. The standard InChI is InChI=1S/C13H16BrN5O/c1-20-11-8-9(14)2-3-10(11)12-16-13(18-17-12)19-6-4-15-5-7-19/h2-3,8,15H,4-7H2,1H3,(H,16,17,18). The molecule has 2 heterocycles. The summed E-state index contributed by atoms with van der Waals surface area (Å²) in [5.41, 5.74) is 0.907. The van der Waals surface area contributed by atoms with Gasteiger partial charge < -0.3 is 15.0 Å². The average molecular weight is 338 g/mol. The van der Waals surface area contributed by atoms with Crippen LogP contribution in [0.2, 0.25) is 0 Å². The second-order valence-electron chi connectivity index (χ2n) is 4.57. The van der Waals surface area contributed by atoms with E-state index in [0.717, 1.165) is 53.7 Å². The fourth-order valence-electron chi connectivity index (χ4n) is 2.24. The van der Waals surface area contributed by atoms with E-state index in [-0.39, 0.29) is 0 Å². The molecule has 2 aromatic rings. The summed E-state index contributed by atoms with van der Waals surface area (Å²) < 4.78 is 6.37. The molecule has 0 saturated carbocycles. The molecular formula is C13H16BrN5O. The molecule has 0 amide bonds. The summed E-state index contributed by atoms with van der Waals surface area (Å²) in [6, 6.07) is 5.85. The third kappa shape index (κ3) is 2.64. The lowest BCUT2D eigenvalue weighted by molar-refractivity contribution is 0.416. The molecule has 20 heavy (non-hydrogen) atoms. The first-order valence-corrected chi connectivity index (χ1v) is 7.29. The van der Waals surface area contributed by atoms with E-state index in [1.807, 2.05) is 18.2 Å². The summed E-state index contributed by atoms with van der Waals surface area (Å²) in [4.78, 5) is 6.75. The van der Waals surface area contributed by atoms with Gasteiger partial charge in [-0.1, -0.05) is 15.9 Å². The topological polar surface area (TPSA) is 66.1 Å². The lowest BCUT2D eigenvalue weighted by Crippen LogP contribution is -2.44. The van der Waals surface area contributed by atoms with E-state index in [1.54, 1.807) is 7.11 Å². The highest BCUT2D eigenvalue weighted by molar-refractivity contribution is 9.10. The largest absolute Gasteiger partial charge is 0.496 e.